The number of hydrogen-bond donors (Lipinski definition) is 2. The van der Waals surface area contributed by atoms with E-state index in [9.17, 15) is 4.79 Å². The maximum absolute atomic E-state index is 12.2. The standard InChI is InChI=1S/C15H22N2O3.ClH/c1-11(12-9-16-10-12)15(18)17-13-5-3-4-6-14(13)20-8-7-19-2;/h3-6,11-12,16H,7-10H2,1-2H3,(H,17,18);1H. The molecule has 1 aliphatic rings. The van der Waals surface area contributed by atoms with E-state index in [-0.39, 0.29) is 24.2 Å². The van der Waals surface area contributed by atoms with Crippen molar-refractivity contribution in [2.45, 2.75) is 6.92 Å². The number of carbonyl (C=O) groups excluding carboxylic acids is 1. The molecule has 1 aromatic carbocycles. The van der Waals surface area contributed by atoms with Crippen molar-refractivity contribution >= 4 is 24.0 Å². The number of anilines is 1. The largest absolute Gasteiger partial charge is 0.489 e. The van der Waals surface area contributed by atoms with Crippen molar-refractivity contribution in [3.8, 4) is 5.75 Å². The molecular weight excluding hydrogens is 292 g/mol. The lowest BCUT2D eigenvalue weighted by atomic mass is 9.88. The van der Waals surface area contributed by atoms with Crippen LogP contribution in [0.5, 0.6) is 5.75 Å². The summed E-state index contributed by atoms with van der Waals surface area (Å²) in [5, 5.41) is 6.14. The van der Waals surface area contributed by atoms with Gasteiger partial charge >= 0.3 is 0 Å². The van der Waals surface area contributed by atoms with E-state index in [0.717, 1.165) is 13.1 Å². The minimum absolute atomic E-state index is 0. The van der Waals surface area contributed by atoms with Crippen molar-refractivity contribution in [1.82, 2.24) is 5.32 Å². The lowest BCUT2D eigenvalue weighted by molar-refractivity contribution is -0.121. The zero-order valence-corrected chi connectivity index (χ0v) is 13.2. The van der Waals surface area contributed by atoms with E-state index in [1.54, 1.807) is 7.11 Å². The van der Waals surface area contributed by atoms with Gasteiger partial charge in [-0.15, -0.1) is 12.4 Å². The zero-order chi connectivity index (χ0) is 14.4. The highest BCUT2D eigenvalue weighted by molar-refractivity contribution is 5.94. The number of carbonyl (C=O) groups is 1. The Morgan fingerprint density at radius 3 is 2.71 bits per heavy atom. The van der Waals surface area contributed by atoms with Crippen LogP contribution in [0.3, 0.4) is 0 Å². The Morgan fingerprint density at radius 2 is 2.10 bits per heavy atom. The van der Waals surface area contributed by atoms with Crippen LogP contribution >= 0.6 is 12.4 Å². The van der Waals surface area contributed by atoms with E-state index in [4.69, 9.17) is 9.47 Å². The molecule has 21 heavy (non-hydrogen) atoms. The second-order valence-corrected chi connectivity index (χ2v) is 5.03. The number of benzene rings is 1. The van der Waals surface area contributed by atoms with Crippen LogP contribution in [-0.4, -0.2) is 39.3 Å². The minimum atomic E-state index is 0. The van der Waals surface area contributed by atoms with Gasteiger partial charge in [0.2, 0.25) is 5.91 Å². The first-order chi connectivity index (χ1) is 9.72. The summed E-state index contributed by atoms with van der Waals surface area (Å²) in [4.78, 5) is 12.2. The quantitative estimate of drug-likeness (QED) is 0.755. The fourth-order valence-corrected chi connectivity index (χ4v) is 2.06. The number of halogens is 1. The number of ether oxygens (including phenoxy) is 2. The lowest BCUT2D eigenvalue weighted by Gasteiger charge is -2.31. The summed E-state index contributed by atoms with van der Waals surface area (Å²) >= 11 is 0. The minimum Gasteiger partial charge on any atom is -0.489 e. The van der Waals surface area contributed by atoms with Gasteiger partial charge in [0, 0.05) is 13.0 Å². The Morgan fingerprint density at radius 1 is 1.38 bits per heavy atom. The zero-order valence-electron chi connectivity index (χ0n) is 12.4. The first kappa shape index (κ1) is 17.8. The van der Waals surface area contributed by atoms with Crippen LogP contribution in [0.2, 0.25) is 0 Å². The highest BCUT2D eigenvalue weighted by Gasteiger charge is 2.28. The Balaban J connectivity index is 0.00000220. The molecule has 5 nitrogen and oxygen atoms in total. The molecule has 1 atom stereocenters. The summed E-state index contributed by atoms with van der Waals surface area (Å²) in [5.74, 6) is 1.15. The average molecular weight is 315 g/mol. The van der Waals surface area contributed by atoms with E-state index < -0.39 is 0 Å². The highest BCUT2D eigenvalue weighted by Crippen LogP contribution is 2.25. The third-order valence-corrected chi connectivity index (χ3v) is 3.62. The van der Waals surface area contributed by atoms with Gasteiger partial charge in [-0.25, -0.2) is 0 Å². The lowest BCUT2D eigenvalue weighted by Crippen LogP contribution is -2.48. The Labute approximate surface area is 131 Å². The molecule has 1 saturated heterocycles. The van der Waals surface area contributed by atoms with Crippen LogP contribution in [0.1, 0.15) is 6.92 Å². The highest BCUT2D eigenvalue weighted by atomic mass is 35.5. The van der Waals surface area contributed by atoms with Gasteiger partial charge in [-0.1, -0.05) is 19.1 Å². The van der Waals surface area contributed by atoms with Crippen LogP contribution in [0.4, 0.5) is 5.69 Å². The van der Waals surface area contributed by atoms with E-state index >= 15 is 0 Å². The molecule has 0 aromatic heterocycles. The monoisotopic (exact) mass is 314 g/mol. The second kappa shape index (κ2) is 8.87. The Hall–Kier alpha value is -1.30. The molecule has 118 valence electrons. The molecular formula is C15H23ClN2O3. The number of amides is 1. The summed E-state index contributed by atoms with van der Waals surface area (Å²) in [6, 6.07) is 7.47. The molecule has 1 aromatic rings. The topological polar surface area (TPSA) is 59.6 Å². The molecule has 2 rings (SSSR count). The normalized spacial score (nSPS) is 15.5. The van der Waals surface area contributed by atoms with Crippen molar-refractivity contribution in [1.29, 1.82) is 0 Å². The molecule has 6 heteroatoms. The summed E-state index contributed by atoms with van der Waals surface area (Å²) in [6.07, 6.45) is 0. The predicted molar refractivity (Wildman–Crippen MR) is 85.2 cm³/mol. The van der Waals surface area contributed by atoms with Crippen LogP contribution in [-0.2, 0) is 9.53 Å². The van der Waals surface area contributed by atoms with Crippen LogP contribution in [0.25, 0.3) is 0 Å². The van der Waals surface area contributed by atoms with Crippen molar-refractivity contribution < 1.29 is 14.3 Å². The Bertz CT molecular complexity index is 452. The van der Waals surface area contributed by atoms with Crippen molar-refractivity contribution in [3.63, 3.8) is 0 Å². The molecule has 0 radical (unpaired) electrons. The van der Waals surface area contributed by atoms with E-state index in [0.29, 0.717) is 30.6 Å². The van der Waals surface area contributed by atoms with Crippen LogP contribution in [0.15, 0.2) is 24.3 Å². The fourth-order valence-electron chi connectivity index (χ4n) is 2.06. The number of nitrogens with one attached hydrogen (secondary N) is 2. The average Bonchev–Trinajstić information content (AvgIpc) is 2.39. The van der Waals surface area contributed by atoms with Crippen molar-refractivity contribution in [2.24, 2.45) is 11.8 Å². The van der Waals surface area contributed by atoms with Gasteiger partial charge in [-0.3, -0.25) is 4.79 Å². The van der Waals surface area contributed by atoms with Gasteiger partial charge in [0.25, 0.3) is 0 Å². The summed E-state index contributed by atoms with van der Waals surface area (Å²) < 4.78 is 10.6. The number of methoxy groups -OCH3 is 1. The SMILES string of the molecule is COCCOc1ccccc1NC(=O)C(C)C1CNC1.Cl. The summed E-state index contributed by atoms with van der Waals surface area (Å²) in [6.45, 7) is 4.79. The molecule has 1 amide bonds. The smallest absolute Gasteiger partial charge is 0.227 e. The molecule has 2 N–H and O–H groups in total. The fraction of sp³-hybridized carbons (Fsp3) is 0.533. The third-order valence-electron chi connectivity index (χ3n) is 3.62. The Kier molecular flexibility index (Phi) is 7.50. The van der Waals surface area contributed by atoms with Crippen molar-refractivity contribution in [3.05, 3.63) is 24.3 Å². The van der Waals surface area contributed by atoms with Gasteiger partial charge in [0.05, 0.1) is 12.3 Å². The molecule has 1 fully saturated rings. The first-order valence-corrected chi connectivity index (χ1v) is 6.94. The van der Waals surface area contributed by atoms with E-state index in [2.05, 4.69) is 10.6 Å². The van der Waals surface area contributed by atoms with Gasteiger partial charge in [-0.05, 0) is 31.1 Å². The predicted octanol–water partition coefficient (Wildman–Crippen LogP) is 1.93. The van der Waals surface area contributed by atoms with Gasteiger partial charge in [-0.2, -0.15) is 0 Å². The molecule has 0 aliphatic carbocycles. The maximum Gasteiger partial charge on any atom is 0.227 e. The molecule has 0 spiro atoms. The molecule has 0 bridgehead atoms. The number of rotatable bonds is 7. The number of hydrogen-bond acceptors (Lipinski definition) is 4. The molecule has 1 aliphatic heterocycles. The molecule has 1 heterocycles. The summed E-state index contributed by atoms with van der Waals surface area (Å²) in [7, 11) is 1.63. The van der Waals surface area contributed by atoms with Gasteiger partial charge in [0.15, 0.2) is 0 Å². The van der Waals surface area contributed by atoms with Crippen molar-refractivity contribution in [2.75, 3.05) is 38.7 Å². The van der Waals surface area contributed by atoms with Gasteiger partial charge in [0.1, 0.15) is 12.4 Å². The summed E-state index contributed by atoms with van der Waals surface area (Å²) in [5.41, 5.74) is 0.715. The molecule has 0 saturated carbocycles. The van der Waals surface area contributed by atoms with E-state index in [1.807, 2.05) is 31.2 Å². The first-order valence-electron chi connectivity index (χ1n) is 6.94. The van der Waals surface area contributed by atoms with E-state index in [1.165, 1.54) is 0 Å². The third kappa shape index (κ3) is 4.88. The van der Waals surface area contributed by atoms with Gasteiger partial charge < -0.3 is 20.1 Å². The molecule has 1 unspecified atom stereocenters. The maximum atomic E-state index is 12.2. The second-order valence-electron chi connectivity index (χ2n) is 5.03. The number of para-hydroxylation sites is 2. The van der Waals surface area contributed by atoms with Crippen LogP contribution < -0.4 is 15.4 Å². The van der Waals surface area contributed by atoms with Crippen LogP contribution in [0, 0.1) is 11.8 Å².